The molecular formula is C15H20N4O3S. The first-order chi connectivity index (χ1) is 11.0. The van der Waals surface area contributed by atoms with Gasteiger partial charge in [0.15, 0.2) is 0 Å². The first-order valence-electron chi connectivity index (χ1n) is 7.58. The highest BCUT2D eigenvalue weighted by Crippen LogP contribution is 2.19. The summed E-state index contributed by atoms with van der Waals surface area (Å²) >= 11 is 1.46. The molecule has 3 heterocycles. The van der Waals surface area contributed by atoms with E-state index < -0.39 is 0 Å². The highest BCUT2D eigenvalue weighted by Gasteiger charge is 2.22. The molecule has 1 amide bonds. The van der Waals surface area contributed by atoms with E-state index in [0.29, 0.717) is 42.7 Å². The molecule has 0 spiro atoms. The van der Waals surface area contributed by atoms with E-state index in [1.165, 1.54) is 16.0 Å². The Morgan fingerprint density at radius 1 is 1.30 bits per heavy atom. The molecule has 2 aromatic heterocycles. The van der Waals surface area contributed by atoms with Crippen molar-refractivity contribution >= 4 is 17.2 Å². The first kappa shape index (κ1) is 15.9. The van der Waals surface area contributed by atoms with E-state index in [0.717, 1.165) is 10.6 Å². The monoisotopic (exact) mass is 336 g/mol. The Morgan fingerprint density at radius 3 is 2.61 bits per heavy atom. The fourth-order valence-electron chi connectivity index (χ4n) is 2.55. The number of aryl methyl sites for hydroxylation is 3. The summed E-state index contributed by atoms with van der Waals surface area (Å²) in [6.07, 6.45) is 0.109. The molecule has 1 fully saturated rings. The molecule has 0 aliphatic carbocycles. The molecule has 124 valence electrons. The van der Waals surface area contributed by atoms with Gasteiger partial charge in [-0.2, -0.15) is 4.68 Å². The molecule has 0 radical (unpaired) electrons. The van der Waals surface area contributed by atoms with Crippen LogP contribution < -0.4 is 5.56 Å². The Balaban J connectivity index is 1.86. The number of thiazole rings is 1. The predicted molar refractivity (Wildman–Crippen MR) is 87.4 cm³/mol. The number of amides is 1. The van der Waals surface area contributed by atoms with Crippen molar-refractivity contribution in [3.05, 3.63) is 32.2 Å². The number of rotatable bonds is 3. The summed E-state index contributed by atoms with van der Waals surface area (Å²) in [5.41, 5.74) is 1.93. The highest BCUT2D eigenvalue weighted by molar-refractivity contribution is 7.14. The number of aromatic nitrogens is 3. The summed E-state index contributed by atoms with van der Waals surface area (Å²) in [7, 11) is 0. The zero-order valence-corrected chi connectivity index (χ0v) is 14.3. The third kappa shape index (κ3) is 3.09. The Morgan fingerprint density at radius 2 is 2.00 bits per heavy atom. The topological polar surface area (TPSA) is 80.2 Å². The van der Waals surface area contributed by atoms with Crippen LogP contribution in [-0.4, -0.2) is 51.9 Å². The predicted octanol–water partition coefficient (Wildman–Crippen LogP) is 0.949. The summed E-state index contributed by atoms with van der Waals surface area (Å²) in [5, 5.41) is 3.64. The number of hydrogen-bond acceptors (Lipinski definition) is 5. The van der Waals surface area contributed by atoms with Gasteiger partial charge in [-0.15, -0.1) is 0 Å². The first-order valence-corrected chi connectivity index (χ1v) is 8.39. The molecule has 3 rings (SSSR count). The summed E-state index contributed by atoms with van der Waals surface area (Å²) < 4.78 is 6.68. The van der Waals surface area contributed by atoms with Crippen molar-refractivity contribution in [2.24, 2.45) is 0 Å². The molecule has 2 aromatic rings. The zero-order valence-electron chi connectivity index (χ0n) is 13.5. The summed E-state index contributed by atoms with van der Waals surface area (Å²) in [6.45, 7) is 7.98. The molecule has 7 nitrogen and oxygen atoms in total. The van der Waals surface area contributed by atoms with Crippen LogP contribution in [0.15, 0.2) is 4.79 Å². The maximum absolute atomic E-state index is 12.6. The molecule has 1 saturated heterocycles. The molecule has 1 N–H and O–H groups in total. The third-order valence-corrected chi connectivity index (χ3v) is 5.15. The molecule has 8 heteroatoms. The summed E-state index contributed by atoms with van der Waals surface area (Å²) in [6, 6.07) is 0. The van der Waals surface area contributed by atoms with Gasteiger partial charge in [0.2, 0.25) is 11.0 Å². The molecule has 0 atom stereocenters. The Kier molecular flexibility index (Phi) is 4.36. The van der Waals surface area contributed by atoms with Gasteiger partial charge in [-0.05, 0) is 20.8 Å². The van der Waals surface area contributed by atoms with Crippen LogP contribution in [0.1, 0.15) is 21.8 Å². The van der Waals surface area contributed by atoms with E-state index in [4.69, 9.17) is 4.74 Å². The number of carbonyl (C=O) groups excluding carboxylic acids is 1. The number of hydrogen-bond donors (Lipinski definition) is 1. The van der Waals surface area contributed by atoms with Gasteiger partial charge in [-0.3, -0.25) is 14.7 Å². The summed E-state index contributed by atoms with van der Waals surface area (Å²) in [5.74, 6) is -0.0360. The van der Waals surface area contributed by atoms with E-state index >= 15 is 0 Å². The van der Waals surface area contributed by atoms with E-state index in [1.54, 1.807) is 4.90 Å². The van der Waals surface area contributed by atoms with Gasteiger partial charge in [0.25, 0.3) is 5.56 Å². The number of morpholine rings is 1. The average Bonchev–Trinajstić information content (AvgIpc) is 3.02. The molecule has 1 aliphatic rings. The van der Waals surface area contributed by atoms with Crippen molar-refractivity contribution in [2.45, 2.75) is 27.2 Å². The number of carbonyl (C=O) groups is 1. The maximum Gasteiger partial charge on any atom is 0.277 e. The number of ether oxygens (including phenoxy) is 1. The lowest BCUT2D eigenvalue weighted by atomic mass is 10.1. The largest absolute Gasteiger partial charge is 0.378 e. The molecular weight excluding hydrogens is 316 g/mol. The van der Waals surface area contributed by atoms with E-state index in [9.17, 15) is 9.59 Å². The van der Waals surface area contributed by atoms with Crippen LogP contribution in [0.2, 0.25) is 0 Å². The smallest absolute Gasteiger partial charge is 0.277 e. The molecule has 1 aliphatic heterocycles. The normalized spacial score (nSPS) is 15.2. The maximum atomic E-state index is 12.6. The number of aromatic amines is 1. The van der Waals surface area contributed by atoms with Crippen molar-refractivity contribution in [1.82, 2.24) is 19.7 Å². The van der Waals surface area contributed by atoms with Crippen LogP contribution in [-0.2, 0) is 16.0 Å². The quantitative estimate of drug-likeness (QED) is 0.905. The standard InChI is InChI=1S/C15H20N4O3S/c1-9-11(3)23-15(16-9)19-14(21)12(10(2)17-19)8-13(20)18-4-6-22-7-5-18/h17H,4-8H2,1-3H3. The van der Waals surface area contributed by atoms with Crippen molar-refractivity contribution in [2.75, 3.05) is 26.3 Å². The van der Waals surface area contributed by atoms with Crippen LogP contribution in [0.4, 0.5) is 0 Å². The van der Waals surface area contributed by atoms with Gasteiger partial charge in [0, 0.05) is 29.2 Å². The minimum absolute atomic E-state index is 0.0360. The lowest BCUT2D eigenvalue weighted by Gasteiger charge is -2.26. The van der Waals surface area contributed by atoms with Gasteiger partial charge >= 0.3 is 0 Å². The minimum atomic E-state index is -0.196. The van der Waals surface area contributed by atoms with Gasteiger partial charge in [0.1, 0.15) is 0 Å². The van der Waals surface area contributed by atoms with Gasteiger partial charge in [0.05, 0.1) is 25.3 Å². The van der Waals surface area contributed by atoms with Gasteiger partial charge in [-0.1, -0.05) is 11.3 Å². The zero-order chi connectivity index (χ0) is 16.6. The fourth-order valence-corrected chi connectivity index (χ4v) is 3.42. The molecule has 23 heavy (non-hydrogen) atoms. The fraction of sp³-hybridized carbons (Fsp3) is 0.533. The van der Waals surface area contributed by atoms with Crippen LogP contribution in [0.3, 0.4) is 0 Å². The lowest BCUT2D eigenvalue weighted by Crippen LogP contribution is -2.42. The van der Waals surface area contributed by atoms with Crippen molar-refractivity contribution in [3.63, 3.8) is 0 Å². The van der Waals surface area contributed by atoms with Crippen LogP contribution in [0.5, 0.6) is 0 Å². The second-order valence-corrected chi connectivity index (χ2v) is 6.85. The molecule has 0 saturated carbocycles. The van der Waals surface area contributed by atoms with Crippen molar-refractivity contribution in [1.29, 1.82) is 0 Å². The van der Waals surface area contributed by atoms with E-state index in [-0.39, 0.29) is 17.9 Å². The van der Waals surface area contributed by atoms with Crippen LogP contribution >= 0.6 is 11.3 Å². The SMILES string of the molecule is Cc1nc(-n2[nH]c(C)c(CC(=O)N3CCOCC3)c2=O)sc1C. The second-order valence-electron chi connectivity index (χ2n) is 5.66. The van der Waals surface area contributed by atoms with Gasteiger partial charge in [-0.25, -0.2) is 4.98 Å². The Hall–Kier alpha value is -1.93. The van der Waals surface area contributed by atoms with Crippen molar-refractivity contribution < 1.29 is 9.53 Å². The third-order valence-electron chi connectivity index (χ3n) is 4.09. The Bertz CT molecular complexity index is 764. The Labute approximate surface area is 137 Å². The average molecular weight is 336 g/mol. The van der Waals surface area contributed by atoms with Crippen LogP contribution in [0, 0.1) is 20.8 Å². The molecule has 0 unspecified atom stereocenters. The summed E-state index contributed by atoms with van der Waals surface area (Å²) in [4.78, 5) is 32.2. The molecule has 0 aromatic carbocycles. The molecule has 0 bridgehead atoms. The highest BCUT2D eigenvalue weighted by atomic mass is 32.1. The number of H-pyrrole nitrogens is 1. The van der Waals surface area contributed by atoms with Crippen molar-refractivity contribution in [3.8, 4) is 5.13 Å². The van der Waals surface area contributed by atoms with Crippen LogP contribution in [0.25, 0.3) is 5.13 Å². The van der Waals surface area contributed by atoms with Gasteiger partial charge < -0.3 is 9.64 Å². The lowest BCUT2D eigenvalue weighted by molar-refractivity contribution is -0.134. The van der Waals surface area contributed by atoms with E-state index in [1.807, 2.05) is 20.8 Å². The number of nitrogens with one attached hydrogen (secondary N) is 1. The minimum Gasteiger partial charge on any atom is -0.378 e. The second kappa shape index (κ2) is 6.29. The number of nitrogens with zero attached hydrogens (tertiary/aromatic N) is 3. The van der Waals surface area contributed by atoms with E-state index in [2.05, 4.69) is 10.1 Å².